The molecule has 158 valence electrons. The maximum Gasteiger partial charge on any atom is 0.258 e. The van der Waals surface area contributed by atoms with Crippen LogP contribution < -0.4 is 5.73 Å². The lowest BCUT2D eigenvalue weighted by Gasteiger charge is -2.57. The molecule has 0 aromatic heterocycles. The first kappa shape index (κ1) is 21.5. The third-order valence-electron chi connectivity index (χ3n) is 6.46. The van der Waals surface area contributed by atoms with Crippen LogP contribution in [0, 0.1) is 11.8 Å². The molecular formula is C22H31N3O4. The lowest BCUT2D eigenvalue weighted by Crippen LogP contribution is -2.77. The van der Waals surface area contributed by atoms with Crippen molar-refractivity contribution >= 4 is 17.7 Å². The molecular weight excluding hydrogens is 370 g/mol. The molecule has 0 saturated carbocycles. The van der Waals surface area contributed by atoms with Gasteiger partial charge in [0, 0.05) is 6.54 Å². The fraction of sp³-hybridized carbons (Fsp3) is 0.591. The molecule has 0 bridgehead atoms. The topological polar surface area (TPSA) is 104 Å². The quantitative estimate of drug-likeness (QED) is 0.727. The van der Waals surface area contributed by atoms with E-state index in [-0.39, 0.29) is 17.7 Å². The molecule has 1 aromatic carbocycles. The van der Waals surface area contributed by atoms with E-state index in [2.05, 4.69) is 0 Å². The SMILES string of the molecule is CC(C)C(N)C(=O)N1C(=O)C2(CCCN2C(=O)C(C)C(C)O)C1c1ccccc1. The molecule has 1 spiro atoms. The van der Waals surface area contributed by atoms with Crippen molar-refractivity contribution in [1.82, 2.24) is 9.80 Å². The summed E-state index contributed by atoms with van der Waals surface area (Å²) >= 11 is 0. The van der Waals surface area contributed by atoms with E-state index in [1.807, 2.05) is 44.2 Å². The molecule has 5 atom stereocenters. The minimum absolute atomic E-state index is 0.111. The third-order valence-corrected chi connectivity index (χ3v) is 6.46. The predicted octanol–water partition coefficient (Wildman–Crippen LogP) is 1.46. The van der Waals surface area contributed by atoms with Gasteiger partial charge in [0.2, 0.25) is 11.8 Å². The van der Waals surface area contributed by atoms with Crippen LogP contribution in [0.25, 0.3) is 0 Å². The van der Waals surface area contributed by atoms with Gasteiger partial charge in [-0.3, -0.25) is 19.3 Å². The van der Waals surface area contributed by atoms with Crippen molar-refractivity contribution in [1.29, 1.82) is 0 Å². The molecule has 2 aliphatic rings. The number of nitrogens with two attached hydrogens (primary N) is 1. The van der Waals surface area contributed by atoms with Crippen LogP contribution in [0.4, 0.5) is 0 Å². The van der Waals surface area contributed by atoms with Crippen LogP contribution in [0.2, 0.25) is 0 Å². The second kappa shape index (κ2) is 7.88. The number of imide groups is 1. The Labute approximate surface area is 171 Å². The average molecular weight is 402 g/mol. The van der Waals surface area contributed by atoms with Crippen molar-refractivity contribution in [2.45, 2.75) is 64.3 Å². The summed E-state index contributed by atoms with van der Waals surface area (Å²) in [6.45, 7) is 7.35. The first-order valence-electron chi connectivity index (χ1n) is 10.3. The second-order valence-electron chi connectivity index (χ2n) is 8.64. The Kier molecular flexibility index (Phi) is 5.83. The van der Waals surface area contributed by atoms with E-state index in [1.54, 1.807) is 18.7 Å². The Morgan fingerprint density at radius 1 is 1.14 bits per heavy atom. The Hall–Kier alpha value is -2.25. The lowest BCUT2D eigenvalue weighted by molar-refractivity contribution is -0.187. The standard InChI is InChI=1S/C22H31N3O4/c1-13(2)17(23)20(28)25-18(16-9-6-5-7-10-16)22(21(25)29)11-8-12-24(22)19(27)14(3)15(4)26/h5-7,9-10,13-15,17-18,26H,8,11-12,23H2,1-4H3. The van der Waals surface area contributed by atoms with E-state index in [9.17, 15) is 19.5 Å². The summed E-state index contributed by atoms with van der Waals surface area (Å²) < 4.78 is 0. The molecule has 5 unspecified atom stereocenters. The Balaban J connectivity index is 2.04. The zero-order chi connectivity index (χ0) is 21.5. The minimum Gasteiger partial charge on any atom is -0.393 e. The van der Waals surface area contributed by atoms with Gasteiger partial charge in [-0.2, -0.15) is 0 Å². The first-order valence-corrected chi connectivity index (χ1v) is 10.3. The van der Waals surface area contributed by atoms with Crippen molar-refractivity contribution in [2.75, 3.05) is 6.54 Å². The molecule has 29 heavy (non-hydrogen) atoms. The summed E-state index contributed by atoms with van der Waals surface area (Å²) in [7, 11) is 0. The smallest absolute Gasteiger partial charge is 0.258 e. The van der Waals surface area contributed by atoms with Crippen LogP contribution in [0.3, 0.4) is 0 Å². The van der Waals surface area contributed by atoms with Crippen LogP contribution in [0.5, 0.6) is 0 Å². The van der Waals surface area contributed by atoms with Gasteiger partial charge in [0.1, 0.15) is 5.54 Å². The molecule has 3 N–H and O–H groups in total. The van der Waals surface area contributed by atoms with E-state index >= 15 is 0 Å². The normalized spacial score (nSPS) is 27.1. The number of hydrogen-bond donors (Lipinski definition) is 2. The molecule has 1 aromatic rings. The van der Waals surface area contributed by atoms with Crippen molar-refractivity contribution in [3.63, 3.8) is 0 Å². The van der Waals surface area contributed by atoms with Gasteiger partial charge in [0.15, 0.2) is 0 Å². The molecule has 3 amide bonds. The van der Waals surface area contributed by atoms with Crippen molar-refractivity contribution in [3.05, 3.63) is 35.9 Å². The summed E-state index contributed by atoms with van der Waals surface area (Å²) in [4.78, 5) is 42.5. The molecule has 2 fully saturated rings. The summed E-state index contributed by atoms with van der Waals surface area (Å²) in [5, 5.41) is 9.92. The lowest BCUT2D eigenvalue weighted by atomic mass is 9.72. The van der Waals surface area contributed by atoms with Gasteiger partial charge in [-0.05, 0) is 31.2 Å². The highest BCUT2D eigenvalue weighted by molar-refractivity contribution is 6.10. The number of benzene rings is 1. The number of rotatable bonds is 5. The zero-order valence-electron chi connectivity index (χ0n) is 17.5. The summed E-state index contributed by atoms with van der Waals surface area (Å²) in [6, 6.07) is 7.98. The number of aliphatic hydroxyl groups excluding tert-OH is 1. The number of likely N-dealkylation sites (tertiary alicyclic amines) is 2. The number of β-lactam (4-membered cyclic amide) rings is 1. The summed E-state index contributed by atoms with van der Waals surface area (Å²) in [5.41, 5.74) is 5.80. The number of nitrogens with zero attached hydrogens (tertiary/aromatic N) is 2. The minimum atomic E-state index is -1.09. The Morgan fingerprint density at radius 2 is 1.76 bits per heavy atom. The first-order chi connectivity index (χ1) is 13.6. The molecule has 7 nitrogen and oxygen atoms in total. The summed E-state index contributed by atoms with van der Waals surface area (Å²) in [6.07, 6.45) is 0.341. The van der Waals surface area contributed by atoms with Gasteiger partial charge in [-0.25, -0.2) is 0 Å². The van der Waals surface area contributed by atoms with Crippen molar-refractivity contribution < 1.29 is 19.5 Å². The zero-order valence-corrected chi connectivity index (χ0v) is 17.5. The van der Waals surface area contributed by atoms with Crippen LogP contribution >= 0.6 is 0 Å². The third kappa shape index (κ3) is 3.26. The molecule has 0 radical (unpaired) electrons. The average Bonchev–Trinajstić information content (AvgIpc) is 3.17. The molecule has 2 saturated heterocycles. The number of amides is 3. The predicted molar refractivity (Wildman–Crippen MR) is 108 cm³/mol. The van der Waals surface area contributed by atoms with Crippen LogP contribution in [-0.4, -0.2) is 56.9 Å². The highest BCUT2D eigenvalue weighted by Gasteiger charge is 2.69. The monoisotopic (exact) mass is 401 g/mol. The van der Waals surface area contributed by atoms with Gasteiger partial charge in [-0.1, -0.05) is 51.1 Å². The highest BCUT2D eigenvalue weighted by Crippen LogP contribution is 2.53. The van der Waals surface area contributed by atoms with Crippen LogP contribution in [0.1, 0.15) is 52.1 Å². The van der Waals surface area contributed by atoms with Crippen LogP contribution in [-0.2, 0) is 14.4 Å². The molecule has 0 aliphatic carbocycles. The van der Waals surface area contributed by atoms with Crippen molar-refractivity contribution in [2.24, 2.45) is 17.6 Å². The summed E-state index contributed by atoms with van der Waals surface area (Å²) in [5.74, 6) is -1.77. The maximum atomic E-state index is 13.4. The van der Waals surface area contributed by atoms with E-state index < -0.39 is 35.6 Å². The molecule has 2 aliphatic heterocycles. The van der Waals surface area contributed by atoms with E-state index in [0.29, 0.717) is 19.4 Å². The van der Waals surface area contributed by atoms with Crippen LogP contribution in [0.15, 0.2) is 30.3 Å². The van der Waals surface area contributed by atoms with Gasteiger partial charge in [0.25, 0.3) is 5.91 Å². The second-order valence-corrected chi connectivity index (χ2v) is 8.64. The van der Waals surface area contributed by atoms with E-state index in [0.717, 1.165) is 5.56 Å². The van der Waals surface area contributed by atoms with Crippen molar-refractivity contribution in [3.8, 4) is 0 Å². The Morgan fingerprint density at radius 3 is 2.31 bits per heavy atom. The Bertz CT molecular complexity index is 795. The van der Waals surface area contributed by atoms with Gasteiger partial charge in [0.05, 0.1) is 24.1 Å². The molecule has 3 rings (SSSR count). The number of carbonyl (C=O) groups is 3. The highest BCUT2D eigenvalue weighted by atomic mass is 16.3. The molecule has 7 heteroatoms. The van der Waals surface area contributed by atoms with E-state index in [1.165, 1.54) is 4.90 Å². The van der Waals surface area contributed by atoms with Gasteiger partial charge < -0.3 is 15.7 Å². The maximum absolute atomic E-state index is 13.4. The number of hydrogen-bond acceptors (Lipinski definition) is 5. The largest absolute Gasteiger partial charge is 0.393 e. The molecule has 2 heterocycles. The fourth-order valence-electron chi connectivity index (χ4n) is 4.43. The number of carbonyl (C=O) groups excluding carboxylic acids is 3. The van der Waals surface area contributed by atoms with Gasteiger partial charge in [-0.15, -0.1) is 0 Å². The van der Waals surface area contributed by atoms with Gasteiger partial charge >= 0.3 is 0 Å². The number of aliphatic hydroxyl groups is 1. The fourth-order valence-corrected chi connectivity index (χ4v) is 4.43. The van der Waals surface area contributed by atoms with E-state index in [4.69, 9.17) is 5.73 Å².